The monoisotopic (exact) mass is 407 g/mol. The van der Waals surface area contributed by atoms with Crippen molar-refractivity contribution >= 4 is 17.3 Å². The van der Waals surface area contributed by atoms with E-state index in [-0.39, 0.29) is 18.7 Å². The van der Waals surface area contributed by atoms with E-state index in [1.807, 2.05) is 36.7 Å². The Hall–Kier alpha value is -2.77. The van der Waals surface area contributed by atoms with Gasteiger partial charge in [0.15, 0.2) is 5.11 Å². The normalized spacial score (nSPS) is 18.9. The molecule has 0 bridgehead atoms. The molecule has 0 radical (unpaired) electrons. The average molecular weight is 408 g/mol. The van der Waals surface area contributed by atoms with Crippen LogP contribution < -0.4 is 5.32 Å². The zero-order valence-corrected chi connectivity index (χ0v) is 17.4. The van der Waals surface area contributed by atoms with Gasteiger partial charge in [0.05, 0.1) is 29.7 Å². The lowest BCUT2D eigenvalue weighted by Crippen LogP contribution is -2.31. The molecular weight excluding hydrogens is 382 g/mol. The molecule has 4 heterocycles. The van der Waals surface area contributed by atoms with Crippen LogP contribution in [0.1, 0.15) is 41.1 Å². The van der Waals surface area contributed by atoms with Crippen LogP contribution in [-0.2, 0) is 0 Å². The molecule has 2 atom stereocenters. The highest BCUT2D eigenvalue weighted by molar-refractivity contribution is 7.80. The highest BCUT2D eigenvalue weighted by Crippen LogP contribution is 2.41. The Balaban J connectivity index is 1.81. The smallest absolute Gasteiger partial charge is 0.170 e. The van der Waals surface area contributed by atoms with Crippen LogP contribution in [0.5, 0.6) is 0 Å². The largest absolute Gasteiger partial charge is 0.396 e. The van der Waals surface area contributed by atoms with Gasteiger partial charge in [0, 0.05) is 36.9 Å². The van der Waals surface area contributed by atoms with Crippen molar-refractivity contribution in [2.75, 3.05) is 13.2 Å². The van der Waals surface area contributed by atoms with E-state index in [4.69, 9.17) is 12.2 Å². The maximum Gasteiger partial charge on any atom is 0.170 e. The van der Waals surface area contributed by atoms with Gasteiger partial charge in [0.2, 0.25) is 0 Å². The molecule has 7 heteroatoms. The summed E-state index contributed by atoms with van der Waals surface area (Å²) in [5.74, 6) is 0. The van der Waals surface area contributed by atoms with Crippen LogP contribution in [0.2, 0.25) is 0 Å². The van der Waals surface area contributed by atoms with Gasteiger partial charge in [0.25, 0.3) is 0 Å². The van der Waals surface area contributed by atoms with Gasteiger partial charge in [-0.1, -0.05) is 6.07 Å². The van der Waals surface area contributed by atoms with E-state index in [1.54, 1.807) is 6.20 Å². The van der Waals surface area contributed by atoms with E-state index < -0.39 is 0 Å². The van der Waals surface area contributed by atoms with Crippen molar-refractivity contribution in [3.63, 3.8) is 0 Å². The van der Waals surface area contributed by atoms with E-state index in [0.717, 1.165) is 22.8 Å². The molecular formula is C22H25N5OS. The molecule has 1 fully saturated rings. The molecule has 0 aliphatic carbocycles. The molecule has 150 valence electrons. The number of nitrogens with zero attached hydrogens (tertiary/aromatic N) is 4. The van der Waals surface area contributed by atoms with Crippen LogP contribution in [0.25, 0.3) is 5.69 Å². The number of pyridine rings is 2. The number of aromatic nitrogens is 3. The van der Waals surface area contributed by atoms with Crippen molar-refractivity contribution < 1.29 is 5.11 Å². The van der Waals surface area contributed by atoms with Crippen molar-refractivity contribution in [2.24, 2.45) is 0 Å². The molecule has 2 N–H and O–H groups in total. The number of aliphatic hydroxyl groups is 1. The fourth-order valence-corrected chi connectivity index (χ4v) is 4.53. The zero-order chi connectivity index (χ0) is 20.4. The topological polar surface area (TPSA) is 66.2 Å². The summed E-state index contributed by atoms with van der Waals surface area (Å²) in [5.41, 5.74) is 5.50. The molecule has 1 aliphatic heterocycles. The van der Waals surface area contributed by atoms with Gasteiger partial charge in [0.1, 0.15) is 0 Å². The first-order chi connectivity index (χ1) is 14.1. The summed E-state index contributed by atoms with van der Waals surface area (Å²) in [4.78, 5) is 11.0. The van der Waals surface area contributed by atoms with E-state index in [9.17, 15) is 5.11 Å². The van der Waals surface area contributed by atoms with E-state index in [2.05, 4.69) is 50.7 Å². The summed E-state index contributed by atoms with van der Waals surface area (Å²) in [6, 6.07) is 12.1. The summed E-state index contributed by atoms with van der Waals surface area (Å²) in [5, 5.41) is 13.6. The maximum atomic E-state index is 9.39. The van der Waals surface area contributed by atoms with Gasteiger partial charge in [-0.05, 0) is 68.4 Å². The Bertz CT molecular complexity index is 989. The minimum absolute atomic E-state index is 0.000529. The predicted molar refractivity (Wildman–Crippen MR) is 117 cm³/mol. The van der Waals surface area contributed by atoms with Gasteiger partial charge < -0.3 is 19.9 Å². The average Bonchev–Trinajstić information content (AvgIpc) is 3.23. The Kier molecular flexibility index (Phi) is 5.60. The van der Waals surface area contributed by atoms with Crippen molar-refractivity contribution in [1.29, 1.82) is 0 Å². The van der Waals surface area contributed by atoms with Gasteiger partial charge >= 0.3 is 0 Å². The van der Waals surface area contributed by atoms with Crippen molar-refractivity contribution in [3.05, 3.63) is 77.6 Å². The van der Waals surface area contributed by atoms with Crippen LogP contribution in [0.4, 0.5) is 0 Å². The second-order valence-electron chi connectivity index (χ2n) is 7.27. The van der Waals surface area contributed by atoms with Crippen molar-refractivity contribution in [3.8, 4) is 5.69 Å². The number of hydrogen-bond acceptors (Lipinski definition) is 4. The SMILES string of the molecule is Cc1cc([C@@H]2[C@@H](c3ccccn3)NC(=S)N2CCCO)c(C)n1-c1cccnc1. The van der Waals surface area contributed by atoms with Gasteiger partial charge in [-0.15, -0.1) is 0 Å². The van der Waals surface area contributed by atoms with E-state index in [1.165, 1.54) is 5.56 Å². The molecule has 6 nitrogen and oxygen atoms in total. The van der Waals surface area contributed by atoms with Gasteiger partial charge in [-0.3, -0.25) is 9.97 Å². The molecule has 1 aliphatic rings. The first-order valence-corrected chi connectivity index (χ1v) is 10.2. The second-order valence-corrected chi connectivity index (χ2v) is 7.66. The number of nitrogens with one attached hydrogen (secondary N) is 1. The third kappa shape index (κ3) is 3.63. The van der Waals surface area contributed by atoms with Gasteiger partial charge in [-0.2, -0.15) is 0 Å². The van der Waals surface area contributed by atoms with Crippen molar-refractivity contribution in [2.45, 2.75) is 32.4 Å². The summed E-state index contributed by atoms with van der Waals surface area (Å²) in [7, 11) is 0. The fourth-order valence-electron chi connectivity index (χ4n) is 4.20. The number of thiocarbonyl (C=S) groups is 1. The second kappa shape index (κ2) is 8.31. The highest BCUT2D eigenvalue weighted by atomic mass is 32.1. The van der Waals surface area contributed by atoms with Crippen LogP contribution in [-0.4, -0.2) is 42.8 Å². The first kappa shape index (κ1) is 19.5. The Morgan fingerprint density at radius 2 is 2.03 bits per heavy atom. The van der Waals surface area contributed by atoms with E-state index >= 15 is 0 Å². The number of hydrogen-bond donors (Lipinski definition) is 2. The zero-order valence-electron chi connectivity index (χ0n) is 16.6. The van der Waals surface area contributed by atoms with Gasteiger partial charge in [-0.25, -0.2) is 0 Å². The Morgan fingerprint density at radius 3 is 2.72 bits per heavy atom. The lowest BCUT2D eigenvalue weighted by molar-refractivity contribution is 0.247. The third-order valence-electron chi connectivity index (χ3n) is 5.45. The lowest BCUT2D eigenvalue weighted by atomic mass is 9.96. The number of aryl methyl sites for hydroxylation is 1. The molecule has 1 saturated heterocycles. The van der Waals surface area contributed by atoms with E-state index in [0.29, 0.717) is 18.1 Å². The standard InChI is InChI=1S/C22H25N5OS/c1-15-13-18(16(2)27(15)17-7-5-9-23-14-17)21-20(19-8-3-4-10-24-19)25-22(29)26(21)11-6-12-28/h3-5,7-10,13-14,20-21,28H,6,11-12H2,1-2H3,(H,25,29)/t20-,21-/m1/s1. The minimum atomic E-state index is -0.0507. The molecule has 0 amide bonds. The molecule has 3 aromatic rings. The van der Waals surface area contributed by atoms with Crippen LogP contribution >= 0.6 is 12.2 Å². The summed E-state index contributed by atoms with van der Waals surface area (Å²) in [6.07, 6.45) is 6.13. The lowest BCUT2D eigenvalue weighted by Gasteiger charge is -2.28. The fraction of sp³-hybridized carbons (Fsp3) is 0.318. The molecule has 0 aromatic carbocycles. The van der Waals surface area contributed by atoms with Crippen LogP contribution in [0.15, 0.2) is 55.0 Å². The summed E-state index contributed by atoms with van der Waals surface area (Å²) in [6.45, 7) is 5.07. The van der Waals surface area contributed by atoms with Crippen LogP contribution in [0.3, 0.4) is 0 Å². The Morgan fingerprint density at radius 1 is 1.17 bits per heavy atom. The quantitative estimate of drug-likeness (QED) is 0.612. The Labute approximate surface area is 176 Å². The predicted octanol–water partition coefficient (Wildman–Crippen LogP) is 3.24. The molecule has 0 unspecified atom stereocenters. The summed E-state index contributed by atoms with van der Waals surface area (Å²) < 4.78 is 2.23. The molecule has 0 spiro atoms. The summed E-state index contributed by atoms with van der Waals surface area (Å²) >= 11 is 5.67. The number of aliphatic hydroxyl groups excluding tert-OH is 1. The van der Waals surface area contributed by atoms with Crippen LogP contribution in [0, 0.1) is 13.8 Å². The molecule has 3 aromatic heterocycles. The third-order valence-corrected chi connectivity index (χ3v) is 5.80. The highest BCUT2D eigenvalue weighted by Gasteiger charge is 2.41. The molecule has 0 saturated carbocycles. The van der Waals surface area contributed by atoms with Crippen molar-refractivity contribution in [1.82, 2.24) is 24.8 Å². The molecule has 4 rings (SSSR count). The first-order valence-electron chi connectivity index (χ1n) is 9.80. The molecule has 29 heavy (non-hydrogen) atoms. The minimum Gasteiger partial charge on any atom is -0.396 e. The number of rotatable bonds is 6. The maximum absolute atomic E-state index is 9.39.